The van der Waals surface area contributed by atoms with Crippen molar-refractivity contribution in [1.29, 1.82) is 0 Å². The van der Waals surface area contributed by atoms with E-state index in [0.29, 0.717) is 0 Å². The quantitative estimate of drug-likeness (QED) is 0.110. The lowest BCUT2D eigenvalue weighted by Gasteiger charge is -2.26. The number of hydrogen-bond donors (Lipinski definition) is 1. The van der Waals surface area contributed by atoms with E-state index in [-0.39, 0.29) is 5.92 Å². The average Bonchev–Trinajstić information content (AvgIpc) is 2.98. The second-order valence-electron chi connectivity index (χ2n) is 12.8. The molecule has 0 spiro atoms. The molecule has 0 saturated carbocycles. The van der Waals surface area contributed by atoms with Gasteiger partial charge in [0.05, 0.1) is 5.92 Å². The molecule has 0 aliphatic rings. The number of carbonyl (C=O) groups is 1. The van der Waals surface area contributed by atoms with E-state index >= 15 is 0 Å². The number of unbranched alkanes of at least 4 members (excludes halogenated alkanes) is 20. The molecule has 232 valence electrons. The number of carboxylic acids is 1. The number of rotatable bonds is 27. The highest BCUT2D eigenvalue weighted by atomic mass is 16.4. The lowest BCUT2D eigenvalue weighted by atomic mass is 9.78. The molecular weight excluding hydrogens is 500 g/mol. The summed E-state index contributed by atoms with van der Waals surface area (Å²) in [6.07, 6.45) is 31.5. The molecule has 0 fully saturated rings. The lowest BCUT2D eigenvalue weighted by molar-refractivity contribution is -0.140. The zero-order valence-electron chi connectivity index (χ0n) is 27.0. The van der Waals surface area contributed by atoms with E-state index in [1.165, 1.54) is 128 Å². The van der Waals surface area contributed by atoms with Crippen LogP contribution < -0.4 is 0 Å². The third-order valence-electron chi connectivity index (χ3n) is 9.25. The van der Waals surface area contributed by atoms with Crippen LogP contribution >= 0.6 is 0 Å². The summed E-state index contributed by atoms with van der Waals surface area (Å²) in [5, 5.41) is 12.8. The topological polar surface area (TPSA) is 37.3 Å². The molecule has 2 heteroatoms. The van der Waals surface area contributed by atoms with E-state index in [0.717, 1.165) is 42.0 Å². The van der Waals surface area contributed by atoms with Crippen molar-refractivity contribution < 1.29 is 9.90 Å². The lowest BCUT2D eigenvalue weighted by Crippen LogP contribution is -2.22. The number of benzene rings is 2. The smallest absolute Gasteiger partial charge is 0.311 e. The van der Waals surface area contributed by atoms with Crippen molar-refractivity contribution >= 4 is 16.7 Å². The van der Waals surface area contributed by atoms with Crippen LogP contribution in [0.4, 0.5) is 0 Å². The molecule has 0 radical (unpaired) electrons. The van der Waals surface area contributed by atoms with Crippen molar-refractivity contribution in [3.05, 3.63) is 48.0 Å². The third-order valence-corrected chi connectivity index (χ3v) is 9.25. The summed E-state index contributed by atoms with van der Waals surface area (Å²) in [5.74, 6) is -0.833. The standard InChI is InChI=1S/C39H64O2/c1-3-5-7-9-11-13-15-16-18-20-22-24-30-35(29-23-21-19-17-14-12-10-8-6-4-2)38(39(40)41)37-33-27-31-34-28-25-26-32-36(34)37/h25-28,31-33,35,38H,3-24,29-30H2,1-2H3,(H,40,41). The summed E-state index contributed by atoms with van der Waals surface area (Å²) >= 11 is 0. The van der Waals surface area contributed by atoms with Crippen LogP contribution in [0.25, 0.3) is 10.8 Å². The van der Waals surface area contributed by atoms with E-state index in [9.17, 15) is 9.90 Å². The van der Waals surface area contributed by atoms with Crippen LogP contribution in [0.3, 0.4) is 0 Å². The summed E-state index contributed by atoms with van der Waals surface area (Å²) < 4.78 is 0. The highest BCUT2D eigenvalue weighted by Crippen LogP contribution is 2.37. The Labute approximate surface area is 254 Å². The summed E-state index contributed by atoms with van der Waals surface area (Å²) in [6.45, 7) is 4.56. The van der Waals surface area contributed by atoms with Gasteiger partial charge in [-0.2, -0.15) is 0 Å². The van der Waals surface area contributed by atoms with Gasteiger partial charge in [-0.15, -0.1) is 0 Å². The van der Waals surface area contributed by atoms with Gasteiger partial charge in [0.15, 0.2) is 0 Å². The average molecular weight is 565 g/mol. The number of fused-ring (bicyclic) bond motifs is 1. The van der Waals surface area contributed by atoms with Crippen molar-refractivity contribution in [3.63, 3.8) is 0 Å². The first-order valence-corrected chi connectivity index (χ1v) is 17.9. The van der Waals surface area contributed by atoms with Crippen molar-refractivity contribution in [2.24, 2.45) is 5.92 Å². The van der Waals surface area contributed by atoms with Gasteiger partial charge in [-0.25, -0.2) is 0 Å². The summed E-state index contributed by atoms with van der Waals surface area (Å²) in [7, 11) is 0. The SMILES string of the molecule is CCCCCCCCCCCCCCC(CCCCCCCCCCCC)C(C(=O)O)c1cccc2ccccc12. The predicted molar refractivity (Wildman–Crippen MR) is 180 cm³/mol. The second-order valence-corrected chi connectivity index (χ2v) is 12.8. The van der Waals surface area contributed by atoms with Gasteiger partial charge in [-0.05, 0) is 35.1 Å². The minimum absolute atomic E-state index is 0.218. The number of aliphatic carboxylic acids is 1. The van der Waals surface area contributed by atoms with Crippen molar-refractivity contribution in [2.75, 3.05) is 0 Å². The third kappa shape index (κ3) is 15.3. The Kier molecular flexibility index (Phi) is 20.4. The molecule has 0 heterocycles. The second kappa shape index (κ2) is 23.7. The fraction of sp³-hybridized carbons (Fsp3) is 0.718. The first-order chi connectivity index (χ1) is 20.2. The Morgan fingerprint density at radius 3 is 1.37 bits per heavy atom. The maximum absolute atomic E-state index is 12.8. The fourth-order valence-corrected chi connectivity index (χ4v) is 6.73. The number of hydrogen-bond acceptors (Lipinski definition) is 1. The van der Waals surface area contributed by atoms with Crippen molar-refractivity contribution in [3.8, 4) is 0 Å². The Hall–Kier alpha value is -1.83. The van der Waals surface area contributed by atoms with Gasteiger partial charge < -0.3 is 5.11 Å². The van der Waals surface area contributed by atoms with Crippen LogP contribution in [0, 0.1) is 5.92 Å². The zero-order chi connectivity index (χ0) is 29.4. The minimum Gasteiger partial charge on any atom is -0.481 e. The molecule has 2 unspecified atom stereocenters. The van der Waals surface area contributed by atoms with Gasteiger partial charge in [0, 0.05) is 0 Å². The molecule has 0 bridgehead atoms. The molecule has 0 amide bonds. The Morgan fingerprint density at radius 1 is 0.537 bits per heavy atom. The van der Waals surface area contributed by atoms with E-state index in [2.05, 4.69) is 50.2 Å². The molecule has 41 heavy (non-hydrogen) atoms. The van der Waals surface area contributed by atoms with Crippen LogP contribution in [0.2, 0.25) is 0 Å². The van der Waals surface area contributed by atoms with Gasteiger partial charge >= 0.3 is 5.97 Å². The van der Waals surface area contributed by atoms with E-state index < -0.39 is 11.9 Å². The van der Waals surface area contributed by atoms with Crippen LogP contribution in [0.1, 0.15) is 179 Å². The number of carboxylic acid groups (broad SMARTS) is 1. The summed E-state index contributed by atoms with van der Waals surface area (Å²) in [4.78, 5) is 12.8. The maximum atomic E-state index is 12.8. The fourth-order valence-electron chi connectivity index (χ4n) is 6.73. The van der Waals surface area contributed by atoms with Gasteiger partial charge in [0.25, 0.3) is 0 Å². The van der Waals surface area contributed by atoms with Crippen molar-refractivity contribution in [2.45, 2.75) is 174 Å². The Bertz CT molecular complexity index is 898. The summed E-state index contributed by atoms with van der Waals surface area (Å²) in [6, 6.07) is 14.6. The van der Waals surface area contributed by atoms with Gasteiger partial charge in [0.1, 0.15) is 0 Å². The maximum Gasteiger partial charge on any atom is 0.311 e. The highest BCUT2D eigenvalue weighted by Gasteiger charge is 2.30. The van der Waals surface area contributed by atoms with E-state index in [1.54, 1.807) is 0 Å². The molecule has 2 atom stereocenters. The monoisotopic (exact) mass is 564 g/mol. The normalized spacial score (nSPS) is 13.0. The molecule has 2 aromatic carbocycles. The Morgan fingerprint density at radius 2 is 0.927 bits per heavy atom. The summed E-state index contributed by atoms with van der Waals surface area (Å²) in [5.41, 5.74) is 1.02. The van der Waals surface area contributed by atoms with Crippen LogP contribution in [-0.4, -0.2) is 11.1 Å². The van der Waals surface area contributed by atoms with Gasteiger partial charge in [0.2, 0.25) is 0 Å². The zero-order valence-corrected chi connectivity index (χ0v) is 27.0. The van der Waals surface area contributed by atoms with Crippen LogP contribution in [0.15, 0.2) is 42.5 Å². The first kappa shape index (κ1) is 35.4. The molecule has 2 rings (SSSR count). The van der Waals surface area contributed by atoms with E-state index in [1.807, 2.05) is 6.07 Å². The van der Waals surface area contributed by atoms with Crippen LogP contribution in [0.5, 0.6) is 0 Å². The molecule has 1 N–H and O–H groups in total. The minimum atomic E-state index is -0.641. The molecule has 2 nitrogen and oxygen atoms in total. The largest absolute Gasteiger partial charge is 0.481 e. The van der Waals surface area contributed by atoms with E-state index in [4.69, 9.17) is 0 Å². The van der Waals surface area contributed by atoms with Crippen LogP contribution in [-0.2, 0) is 4.79 Å². The molecule has 2 aromatic rings. The molecular formula is C39H64O2. The highest BCUT2D eigenvalue weighted by molar-refractivity contribution is 5.90. The first-order valence-electron chi connectivity index (χ1n) is 17.9. The predicted octanol–water partition coefficient (Wildman–Crippen LogP) is 13.0. The van der Waals surface area contributed by atoms with Crippen molar-refractivity contribution in [1.82, 2.24) is 0 Å². The Balaban J connectivity index is 1.84. The van der Waals surface area contributed by atoms with Gasteiger partial charge in [-0.1, -0.05) is 198 Å². The molecule has 0 aromatic heterocycles. The molecule has 0 aliphatic heterocycles. The molecule has 0 aliphatic carbocycles. The molecule has 0 saturated heterocycles. The van der Waals surface area contributed by atoms with Gasteiger partial charge in [-0.3, -0.25) is 4.79 Å².